The van der Waals surface area contributed by atoms with Gasteiger partial charge in [-0.3, -0.25) is 4.79 Å². The molecule has 1 aromatic heterocycles. The Morgan fingerprint density at radius 1 is 1.00 bits per heavy atom. The van der Waals surface area contributed by atoms with Crippen LogP contribution in [0.15, 0.2) is 39.5 Å². The van der Waals surface area contributed by atoms with Crippen LogP contribution in [0, 0.1) is 13.8 Å². The molecule has 0 atom stereocenters. The van der Waals surface area contributed by atoms with Crippen molar-refractivity contribution in [1.29, 1.82) is 0 Å². The molecule has 116 valence electrons. The van der Waals surface area contributed by atoms with E-state index in [-0.39, 0.29) is 5.43 Å². The molecule has 0 spiro atoms. The number of hydrogen-bond donors (Lipinski definition) is 0. The highest BCUT2D eigenvalue weighted by Crippen LogP contribution is 2.40. The minimum Gasteiger partial charge on any atom is -0.466 e. The summed E-state index contributed by atoms with van der Waals surface area (Å²) in [5.74, 6) is 2.40. The predicted molar refractivity (Wildman–Crippen MR) is 89.9 cm³/mol. The Hall–Kier alpha value is -1.54. The van der Waals surface area contributed by atoms with Crippen molar-refractivity contribution in [3.63, 3.8) is 0 Å². The van der Waals surface area contributed by atoms with E-state index in [1.807, 2.05) is 26.0 Å². The molecule has 22 heavy (non-hydrogen) atoms. The molecular weight excluding hydrogens is 296 g/mol. The zero-order valence-electron chi connectivity index (χ0n) is 13.1. The molecule has 0 unspecified atom stereocenters. The molecular formula is C19H21ClO2. The van der Waals surface area contributed by atoms with Gasteiger partial charge in [0.2, 0.25) is 0 Å². The van der Waals surface area contributed by atoms with E-state index in [0.717, 1.165) is 42.0 Å². The average Bonchev–Trinajstić information content (AvgIpc) is 2.48. The topological polar surface area (TPSA) is 30.2 Å². The Balaban J connectivity index is 1.75. The molecule has 0 amide bonds. The first kappa shape index (κ1) is 15.4. The fourth-order valence-corrected chi connectivity index (χ4v) is 3.83. The fourth-order valence-electron chi connectivity index (χ4n) is 3.70. The summed E-state index contributed by atoms with van der Waals surface area (Å²) in [5, 5.41) is 0.783. The monoisotopic (exact) mass is 316 g/mol. The lowest BCUT2D eigenvalue weighted by Gasteiger charge is -2.29. The summed E-state index contributed by atoms with van der Waals surface area (Å²) in [7, 11) is 0. The van der Waals surface area contributed by atoms with Gasteiger partial charge in [0.05, 0.1) is 0 Å². The van der Waals surface area contributed by atoms with Gasteiger partial charge >= 0.3 is 0 Å². The van der Waals surface area contributed by atoms with Gasteiger partial charge in [-0.1, -0.05) is 23.7 Å². The van der Waals surface area contributed by atoms with E-state index in [2.05, 4.69) is 12.1 Å². The molecule has 0 N–H and O–H groups in total. The summed E-state index contributed by atoms with van der Waals surface area (Å²) < 4.78 is 5.65. The summed E-state index contributed by atoms with van der Waals surface area (Å²) in [5.41, 5.74) is 2.38. The molecule has 0 radical (unpaired) electrons. The van der Waals surface area contributed by atoms with Gasteiger partial charge in [0.1, 0.15) is 11.5 Å². The first-order valence-corrected chi connectivity index (χ1v) is 8.29. The third-order valence-electron chi connectivity index (χ3n) is 4.77. The van der Waals surface area contributed by atoms with Crippen molar-refractivity contribution in [3.8, 4) is 0 Å². The predicted octanol–water partition coefficient (Wildman–Crippen LogP) is 5.35. The second-order valence-electron chi connectivity index (χ2n) is 6.29. The fraction of sp³-hybridized carbons (Fsp3) is 0.421. The lowest BCUT2D eigenvalue weighted by atomic mass is 9.76. The van der Waals surface area contributed by atoms with Crippen LogP contribution in [0.5, 0.6) is 0 Å². The van der Waals surface area contributed by atoms with Gasteiger partial charge in [0, 0.05) is 16.7 Å². The van der Waals surface area contributed by atoms with Crippen LogP contribution in [0.2, 0.25) is 5.02 Å². The van der Waals surface area contributed by atoms with Gasteiger partial charge in [-0.2, -0.15) is 0 Å². The average molecular weight is 317 g/mol. The number of halogens is 1. The van der Waals surface area contributed by atoms with Crippen LogP contribution in [-0.4, -0.2) is 0 Å². The van der Waals surface area contributed by atoms with E-state index in [9.17, 15) is 4.79 Å². The Morgan fingerprint density at radius 3 is 2.18 bits per heavy atom. The van der Waals surface area contributed by atoms with Crippen molar-refractivity contribution in [2.45, 2.75) is 51.4 Å². The molecule has 3 rings (SSSR count). The van der Waals surface area contributed by atoms with Crippen LogP contribution in [0.25, 0.3) is 0 Å². The Kier molecular flexibility index (Phi) is 4.39. The molecule has 1 heterocycles. The number of rotatable bonds is 2. The summed E-state index contributed by atoms with van der Waals surface area (Å²) in [6.07, 6.45) is 4.31. The number of aryl methyl sites for hydroxylation is 2. The van der Waals surface area contributed by atoms with E-state index >= 15 is 0 Å². The molecule has 0 aliphatic heterocycles. The van der Waals surface area contributed by atoms with Crippen molar-refractivity contribution in [3.05, 3.63) is 68.2 Å². The molecule has 1 aliphatic carbocycles. The van der Waals surface area contributed by atoms with Gasteiger partial charge in [-0.25, -0.2) is 0 Å². The van der Waals surface area contributed by atoms with E-state index in [1.165, 1.54) is 5.56 Å². The van der Waals surface area contributed by atoms with Crippen LogP contribution in [0.1, 0.15) is 60.2 Å². The highest BCUT2D eigenvalue weighted by atomic mass is 35.5. The highest BCUT2D eigenvalue weighted by molar-refractivity contribution is 6.30. The first-order chi connectivity index (χ1) is 10.5. The molecule has 0 bridgehead atoms. The van der Waals surface area contributed by atoms with E-state index in [1.54, 1.807) is 6.07 Å². The molecule has 1 fully saturated rings. The number of hydrogen-bond acceptors (Lipinski definition) is 2. The second kappa shape index (κ2) is 6.29. The molecule has 2 nitrogen and oxygen atoms in total. The van der Waals surface area contributed by atoms with E-state index < -0.39 is 0 Å². The number of benzene rings is 1. The van der Waals surface area contributed by atoms with Gasteiger partial charge in [-0.15, -0.1) is 0 Å². The SMILES string of the molecule is Cc1cc(=O)c([C@H]2CC[C@H](c3ccc(Cl)cc3)CC2)c(C)o1. The first-order valence-electron chi connectivity index (χ1n) is 7.91. The Morgan fingerprint density at radius 2 is 1.59 bits per heavy atom. The van der Waals surface area contributed by atoms with Crippen LogP contribution < -0.4 is 5.43 Å². The van der Waals surface area contributed by atoms with Gasteiger partial charge < -0.3 is 4.42 Å². The van der Waals surface area contributed by atoms with E-state index in [0.29, 0.717) is 17.6 Å². The lowest BCUT2D eigenvalue weighted by molar-refractivity contribution is 0.380. The third kappa shape index (κ3) is 3.12. The van der Waals surface area contributed by atoms with Crippen LogP contribution >= 0.6 is 11.6 Å². The summed E-state index contributed by atoms with van der Waals surface area (Å²) in [6.45, 7) is 3.74. The van der Waals surface area contributed by atoms with Gasteiger partial charge in [0.25, 0.3) is 0 Å². The molecule has 2 aromatic rings. The third-order valence-corrected chi connectivity index (χ3v) is 5.02. The lowest BCUT2D eigenvalue weighted by Crippen LogP contribution is -2.20. The van der Waals surface area contributed by atoms with Crippen LogP contribution in [0.4, 0.5) is 0 Å². The highest BCUT2D eigenvalue weighted by Gasteiger charge is 2.26. The maximum absolute atomic E-state index is 12.3. The van der Waals surface area contributed by atoms with Crippen molar-refractivity contribution < 1.29 is 4.42 Å². The van der Waals surface area contributed by atoms with Crippen molar-refractivity contribution in [2.24, 2.45) is 0 Å². The summed E-state index contributed by atoms with van der Waals surface area (Å²) in [6, 6.07) is 9.79. The van der Waals surface area contributed by atoms with Crippen LogP contribution in [0.3, 0.4) is 0 Å². The standard InChI is InChI=1S/C19H21ClO2/c1-12-11-18(21)19(13(2)22-12)16-5-3-14(4-6-16)15-7-9-17(20)10-8-15/h7-11,14,16H,3-6H2,1-2H3/t14-,16-. The summed E-state index contributed by atoms with van der Waals surface area (Å²) >= 11 is 5.96. The van der Waals surface area contributed by atoms with Gasteiger partial charge in [0.15, 0.2) is 5.43 Å². The maximum atomic E-state index is 12.3. The molecule has 1 aliphatic rings. The van der Waals surface area contributed by atoms with Gasteiger partial charge in [-0.05, 0) is 69.1 Å². The van der Waals surface area contributed by atoms with E-state index in [4.69, 9.17) is 16.0 Å². The molecule has 1 aromatic carbocycles. The Bertz CT molecular complexity index is 707. The summed E-state index contributed by atoms with van der Waals surface area (Å²) in [4.78, 5) is 12.3. The zero-order chi connectivity index (χ0) is 15.7. The minimum absolute atomic E-state index is 0.135. The second-order valence-corrected chi connectivity index (χ2v) is 6.73. The zero-order valence-corrected chi connectivity index (χ0v) is 13.8. The normalized spacial score (nSPS) is 21.8. The van der Waals surface area contributed by atoms with Crippen molar-refractivity contribution in [2.75, 3.05) is 0 Å². The maximum Gasteiger partial charge on any atom is 0.188 e. The Labute approximate surface area is 136 Å². The largest absolute Gasteiger partial charge is 0.466 e. The minimum atomic E-state index is 0.135. The molecule has 0 saturated heterocycles. The molecule has 1 saturated carbocycles. The van der Waals surface area contributed by atoms with Crippen molar-refractivity contribution >= 4 is 11.6 Å². The van der Waals surface area contributed by atoms with Crippen LogP contribution in [-0.2, 0) is 0 Å². The smallest absolute Gasteiger partial charge is 0.188 e. The quantitative estimate of drug-likeness (QED) is 0.747. The van der Waals surface area contributed by atoms with Crippen molar-refractivity contribution in [1.82, 2.24) is 0 Å². The molecule has 3 heteroatoms.